The molecule has 1 saturated carbocycles. The fraction of sp³-hybridized carbons (Fsp3) is 0.222. The summed E-state index contributed by atoms with van der Waals surface area (Å²) in [5.74, 6) is -9.05. The third-order valence-corrected chi connectivity index (χ3v) is 9.03. The van der Waals surface area contributed by atoms with Crippen LogP contribution in [0.1, 0.15) is 33.0 Å². The van der Waals surface area contributed by atoms with Gasteiger partial charge < -0.3 is 5.32 Å². The van der Waals surface area contributed by atoms with Crippen molar-refractivity contribution in [2.24, 2.45) is 5.92 Å². The van der Waals surface area contributed by atoms with Gasteiger partial charge in [0.2, 0.25) is 11.7 Å². The van der Waals surface area contributed by atoms with Crippen molar-refractivity contribution >= 4 is 92.8 Å². The second kappa shape index (κ2) is 12.5. The summed E-state index contributed by atoms with van der Waals surface area (Å²) in [5, 5.41) is 2.03. The largest absolute Gasteiger partial charge is 0.326 e. The average molecular weight is 708 g/mol. The summed E-state index contributed by atoms with van der Waals surface area (Å²) in [4.78, 5) is 37.4. The molecule has 4 nitrogen and oxygen atoms in total. The third kappa shape index (κ3) is 6.51. The molecule has 0 aliphatic heterocycles. The Morgan fingerprint density at radius 3 is 2.07 bits per heavy atom. The first-order valence-electron chi connectivity index (χ1n) is 11.7. The maximum absolute atomic E-state index is 14.9. The molecule has 0 spiro atoms. The van der Waals surface area contributed by atoms with Gasteiger partial charge in [-0.2, -0.15) is 0 Å². The first-order chi connectivity index (χ1) is 19.5. The van der Waals surface area contributed by atoms with Crippen LogP contribution in [0.5, 0.6) is 0 Å². The van der Waals surface area contributed by atoms with Crippen LogP contribution in [0.4, 0.5) is 27.6 Å². The van der Waals surface area contributed by atoms with Crippen molar-refractivity contribution in [2.75, 3.05) is 5.32 Å². The summed E-state index contributed by atoms with van der Waals surface area (Å²) in [7, 11) is 0. The van der Waals surface area contributed by atoms with E-state index in [9.17, 15) is 36.3 Å². The number of anilines is 1. The molecule has 222 valence electrons. The fourth-order valence-corrected chi connectivity index (χ4v) is 6.03. The second-order valence-corrected chi connectivity index (χ2v) is 12.3. The van der Waals surface area contributed by atoms with Gasteiger partial charge in [-0.1, -0.05) is 52.5 Å². The molecule has 4 rings (SSSR count). The minimum absolute atomic E-state index is 0.0886. The number of rotatable bonds is 9. The summed E-state index contributed by atoms with van der Waals surface area (Å²) < 4.78 is 67.2. The van der Waals surface area contributed by atoms with Crippen LogP contribution in [-0.2, 0) is 22.4 Å². The highest BCUT2D eigenvalue weighted by Crippen LogP contribution is 2.65. The van der Waals surface area contributed by atoms with E-state index in [0.717, 1.165) is 18.2 Å². The van der Waals surface area contributed by atoms with Gasteiger partial charge in [-0.15, -0.1) is 23.2 Å². The van der Waals surface area contributed by atoms with Crippen molar-refractivity contribution in [1.29, 1.82) is 0 Å². The predicted octanol–water partition coefficient (Wildman–Crippen LogP) is 9.05. The number of carbonyl (C=O) groups excluding carboxylic acids is 3. The summed E-state index contributed by atoms with van der Waals surface area (Å²) in [6.07, 6.45) is -5.51. The molecule has 0 saturated heterocycles. The van der Waals surface area contributed by atoms with Crippen molar-refractivity contribution in [1.82, 2.24) is 0 Å². The highest BCUT2D eigenvalue weighted by atomic mass is 35.5. The molecule has 1 amide bonds. The Bertz CT molecular complexity index is 1610. The maximum Gasteiger partial charge on any atom is 0.296 e. The van der Waals surface area contributed by atoms with E-state index in [1.54, 1.807) is 0 Å². The summed E-state index contributed by atoms with van der Waals surface area (Å²) in [5.41, 5.74) is -1.70. The van der Waals surface area contributed by atoms with Crippen molar-refractivity contribution in [2.45, 2.75) is 29.5 Å². The lowest BCUT2D eigenvalue weighted by Gasteiger charge is -2.12. The van der Waals surface area contributed by atoms with Crippen LogP contribution < -0.4 is 5.32 Å². The molecule has 3 aromatic carbocycles. The van der Waals surface area contributed by atoms with Crippen molar-refractivity contribution in [3.63, 3.8) is 0 Å². The van der Waals surface area contributed by atoms with Crippen LogP contribution in [0.25, 0.3) is 0 Å². The minimum atomic E-state index is -3.45. The van der Waals surface area contributed by atoms with Crippen LogP contribution in [0, 0.1) is 23.4 Å². The molecule has 42 heavy (non-hydrogen) atoms. The normalized spacial score (nSPS) is 17.3. The molecule has 0 aromatic heterocycles. The molecule has 1 aliphatic carbocycles. The van der Waals surface area contributed by atoms with Crippen LogP contribution >= 0.6 is 69.6 Å². The van der Waals surface area contributed by atoms with Gasteiger partial charge in [0.25, 0.3) is 6.43 Å². The van der Waals surface area contributed by atoms with Crippen LogP contribution in [-0.4, -0.2) is 28.2 Å². The Morgan fingerprint density at radius 2 is 1.48 bits per heavy atom. The Hall–Kier alpha value is -2.14. The van der Waals surface area contributed by atoms with Gasteiger partial charge in [-0.05, 0) is 41.5 Å². The molecule has 15 heteroatoms. The summed E-state index contributed by atoms with van der Waals surface area (Å²) in [6, 6.07) is 6.30. The molecule has 3 aromatic rings. The highest BCUT2D eigenvalue weighted by molar-refractivity contribution is 6.54. The topological polar surface area (TPSA) is 63.2 Å². The molecule has 1 N–H and O–H groups in total. The Morgan fingerprint density at radius 1 is 0.857 bits per heavy atom. The molecule has 0 unspecified atom stereocenters. The number of alkyl halides is 4. The first-order valence-corrected chi connectivity index (χ1v) is 13.9. The molecule has 0 bridgehead atoms. The monoisotopic (exact) mass is 705 g/mol. The SMILES string of the molecule is O=C(Cc1ccc(F)c(CC(=O)C(F)F)c1F)c1cc(NC(=O)[C@H]2[C@H](c3cc(Cl)c(Cl)c(Cl)c3)C2(Cl)Cl)cc(F)c1Cl. The summed E-state index contributed by atoms with van der Waals surface area (Å²) in [6.45, 7) is 0. The van der Waals surface area contributed by atoms with Gasteiger partial charge in [-0.25, -0.2) is 22.0 Å². The van der Waals surface area contributed by atoms with Crippen LogP contribution in [0.3, 0.4) is 0 Å². The number of hydrogen-bond acceptors (Lipinski definition) is 3. The van der Waals surface area contributed by atoms with Crippen molar-refractivity contribution in [3.8, 4) is 0 Å². The zero-order chi connectivity index (χ0) is 31.3. The predicted molar refractivity (Wildman–Crippen MR) is 151 cm³/mol. The lowest BCUT2D eigenvalue weighted by molar-refractivity contribution is -0.128. The van der Waals surface area contributed by atoms with E-state index >= 15 is 0 Å². The summed E-state index contributed by atoms with van der Waals surface area (Å²) >= 11 is 36.7. The van der Waals surface area contributed by atoms with E-state index in [2.05, 4.69) is 5.32 Å². The van der Waals surface area contributed by atoms with Crippen molar-refractivity contribution in [3.05, 3.63) is 96.2 Å². The lowest BCUT2D eigenvalue weighted by atomic mass is 9.98. The van der Waals surface area contributed by atoms with Gasteiger partial charge >= 0.3 is 0 Å². The van der Waals surface area contributed by atoms with E-state index in [4.69, 9.17) is 69.6 Å². The van der Waals surface area contributed by atoms with Crippen molar-refractivity contribution < 1.29 is 36.3 Å². The molecular weight excluding hydrogens is 694 g/mol. The van der Waals surface area contributed by atoms with Gasteiger partial charge in [-0.3, -0.25) is 14.4 Å². The van der Waals surface area contributed by atoms with Crippen LogP contribution in [0.2, 0.25) is 20.1 Å². The second-order valence-electron chi connectivity index (χ2n) is 9.28. The van der Waals surface area contributed by atoms with E-state index in [1.165, 1.54) is 12.1 Å². The number of ketones is 2. The number of amides is 1. The quantitative estimate of drug-likeness (QED) is 0.105. The zero-order valence-corrected chi connectivity index (χ0v) is 25.0. The molecule has 0 radical (unpaired) electrons. The minimum Gasteiger partial charge on any atom is -0.326 e. The molecule has 2 atom stereocenters. The Labute approximate surface area is 265 Å². The number of hydrogen-bond donors (Lipinski definition) is 1. The number of carbonyl (C=O) groups is 3. The third-order valence-electron chi connectivity index (χ3n) is 6.51. The van der Waals surface area contributed by atoms with Gasteiger partial charge in [0.15, 0.2) is 5.78 Å². The fourth-order valence-electron chi connectivity index (χ4n) is 4.37. The van der Waals surface area contributed by atoms with Gasteiger partial charge in [0, 0.05) is 35.6 Å². The van der Waals surface area contributed by atoms with E-state index in [-0.39, 0.29) is 20.8 Å². The van der Waals surface area contributed by atoms with E-state index < -0.39 is 92.1 Å². The molecule has 0 heterocycles. The number of nitrogens with one attached hydrogen (secondary N) is 1. The van der Waals surface area contributed by atoms with E-state index in [0.29, 0.717) is 11.6 Å². The van der Waals surface area contributed by atoms with Gasteiger partial charge in [0.1, 0.15) is 21.8 Å². The first kappa shape index (κ1) is 32.8. The average Bonchev–Trinajstić information content (AvgIpc) is 3.49. The zero-order valence-electron chi connectivity index (χ0n) is 20.5. The molecule has 1 fully saturated rings. The van der Waals surface area contributed by atoms with E-state index in [1.807, 2.05) is 0 Å². The Kier molecular flexibility index (Phi) is 9.72. The van der Waals surface area contributed by atoms with Crippen LogP contribution in [0.15, 0.2) is 36.4 Å². The van der Waals surface area contributed by atoms with Gasteiger partial charge in [0.05, 0.1) is 26.0 Å². The molecule has 1 aliphatic rings. The number of Topliss-reactive ketones (excluding diaryl/α,β-unsaturated/α-hetero) is 2. The smallest absolute Gasteiger partial charge is 0.296 e. The highest BCUT2D eigenvalue weighted by Gasteiger charge is 2.67. The lowest BCUT2D eigenvalue weighted by Crippen LogP contribution is -2.18. The number of benzene rings is 3. The molecular formula is C27H14Cl6F5NO3. The standard InChI is InChI=1S/C27H14Cl6F5NO3/c28-14-3-10(4-15(29)23(14)31)20-21(27(20,32)33)26(42)39-11-6-13(22(30)17(35)7-11)18(40)5-9-1-2-16(34)12(24(9)36)8-19(41)25(37)38/h1-4,6-7,20-21,25H,5,8H2,(H,39,42)/t20-,21+/m0/s1. The Balaban J connectivity index is 1.56. The maximum atomic E-state index is 14.9. The number of halogens is 11.